The lowest BCUT2D eigenvalue weighted by molar-refractivity contribution is 0.0599. The molecule has 23 heavy (non-hydrogen) atoms. The molecule has 0 radical (unpaired) electrons. The van der Waals surface area contributed by atoms with E-state index in [1.165, 1.54) is 19.2 Å². The molecule has 1 aromatic heterocycles. The van der Waals surface area contributed by atoms with E-state index < -0.39 is 11.8 Å². The van der Waals surface area contributed by atoms with E-state index in [0.717, 1.165) is 6.07 Å². The van der Waals surface area contributed by atoms with Gasteiger partial charge in [-0.1, -0.05) is 11.6 Å². The molecule has 1 N–H and O–H groups in total. The van der Waals surface area contributed by atoms with Gasteiger partial charge in [0.25, 0.3) is 0 Å². The Kier molecular flexibility index (Phi) is 5.05. The SMILES string of the molecule is COC(=O)c1c(C)[nH]c(C(=O)COc2ccc(F)c(Cl)c2)c1C. The zero-order valence-corrected chi connectivity index (χ0v) is 13.6. The van der Waals surface area contributed by atoms with E-state index in [0.29, 0.717) is 16.8 Å². The molecular weight excluding hydrogens is 325 g/mol. The molecule has 0 unspecified atom stereocenters. The summed E-state index contributed by atoms with van der Waals surface area (Å²) in [5.74, 6) is -1.15. The summed E-state index contributed by atoms with van der Waals surface area (Å²) in [6, 6.07) is 3.82. The normalized spacial score (nSPS) is 10.5. The van der Waals surface area contributed by atoms with Crippen LogP contribution in [0, 0.1) is 19.7 Å². The zero-order valence-electron chi connectivity index (χ0n) is 12.8. The number of H-pyrrole nitrogens is 1. The van der Waals surface area contributed by atoms with E-state index in [1.54, 1.807) is 13.8 Å². The highest BCUT2D eigenvalue weighted by Crippen LogP contribution is 2.22. The van der Waals surface area contributed by atoms with Gasteiger partial charge in [-0.2, -0.15) is 0 Å². The molecule has 1 aromatic carbocycles. The van der Waals surface area contributed by atoms with Crippen molar-refractivity contribution in [2.75, 3.05) is 13.7 Å². The van der Waals surface area contributed by atoms with Crippen LogP contribution in [0.25, 0.3) is 0 Å². The van der Waals surface area contributed by atoms with E-state index in [9.17, 15) is 14.0 Å². The Morgan fingerprint density at radius 2 is 2.00 bits per heavy atom. The molecule has 2 rings (SSSR count). The van der Waals surface area contributed by atoms with Crippen molar-refractivity contribution in [2.24, 2.45) is 0 Å². The monoisotopic (exact) mass is 339 g/mol. The van der Waals surface area contributed by atoms with Crippen LogP contribution in [0.4, 0.5) is 4.39 Å². The number of aryl methyl sites for hydroxylation is 1. The number of carbonyl (C=O) groups excluding carboxylic acids is 2. The van der Waals surface area contributed by atoms with Crippen LogP contribution in [0.1, 0.15) is 32.1 Å². The minimum absolute atomic E-state index is 0.0881. The lowest BCUT2D eigenvalue weighted by atomic mass is 10.1. The predicted octanol–water partition coefficient (Wildman–Crippen LogP) is 3.47. The Morgan fingerprint density at radius 3 is 2.61 bits per heavy atom. The second-order valence-corrected chi connectivity index (χ2v) is 5.31. The van der Waals surface area contributed by atoms with Crippen molar-refractivity contribution in [1.82, 2.24) is 4.98 Å². The Hall–Kier alpha value is -2.34. The zero-order chi connectivity index (χ0) is 17.1. The van der Waals surface area contributed by atoms with Crippen molar-refractivity contribution < 1.29 is 23.5 Å². The number of methoxy groups -OCH3 is 1. The third-order valence-corrected chi connectivity index (χ3v) is 3.66. The van der Waals surface area contributed by atoms with Gasteiger partial charge >= 0.3 is 5.97 Å². The van der Waals surface area contributed by atoms with Gasteiger partial charge in [-0.25, -0.2) is 9.18 Å². The highest BCUT2D eigenvalue weighted by atomic mass is 35.5. The molecule has 0 fully saturated rings. The third kappa shape index (κ3) is 3.53. The summed E-state index contributed by atoms with van der Waals surface area (Å²) >= 11 is 5.65. The number of benzene rings is 1. The van der Waals surface area contributed by atoms with Crippen LogP contribution in [0.2, 0.25) is 5.02 Å². The second kappa shape index (κ2) is 6.83. The van der Waals surface area contributed by atoms with E-state index in [2.05, 4.69) is 4.98 Å². The molecule has 0 saturated heterocycles. The molecule has 0 amide bonds. The Morgan fingerprint density at radius 1 is 1.30 bits per heavy atom. The topological polar surface area (TPSA) is 68.4 Å². The molecule has 0 atom stereocenters. The van der Waals surface area contributed by atoms with Gasteiger partial charge in [0.2, 0.25) is 5.78 Å². The molecule has 122 valence electrons. The summed E-state index contributed by atoms with van der Waals surface area (Å²) in [6.45, 7) is 3.05. The van der Waals surface area contributed by atoms with Crippen LogP contribution in [-0.2, 0) is 4.74 Å². The molecule has 0 saturated carbocycles. The number of esters is 1. The maximum atomic E-state index is 13.1. The van der Waals surface area contributed by atoms with Gasteiger partial charge in [0.05, 0.1) is 23.4 Å². The van der Waals surface area contributed by atoms with Crippen LogP contribution >= 0.6 is 11.6 Å². The molecule has 0 aliphatic rings. The fourth-order valence-electron chi connectivity index (χ4n) is 2.22. The molecule has 2 aromatic rings. The summed E-state index contributed by atoms with van der Waals surface area (Å²) in [6.07, 6.45) is 0. The molecular formula is C16H15ClFNO4. The first-order valence-corrected chi connectivity index (χ1v) is 7.11. The summed E-state index contributed by atoms with van der Waals surface area (Å²) in [7, 11) is 1.27. The number of Topliss-reactive ketones (excluding diaryl/α,β-unsaturated/α-hetero) is 1. The maximum absolute atomic E-state index is 13.1. The van der Waals surface area contributed by atoms with E-state index >= 15 is 0 Å². The Labute approximate surface area is 137 Å². The summed E-state index contributed by atoms with van der Waals surface area (Å²) in [4.78, 5) is 26.8. The van der Waals surface area contributed by atoms with Gasteiger partial charge in [-0.15, -0.1) is 0 Å². The van der Waals surface area contributed by atoms with Gasteiger partial charge in [0, 0.05) is 11.8 Å². The predicted molar refractivity (Wildman–Crippen MR) is 82.8 cm³/mol. The average Bonchev–Trinajstić information content (AvgIpc) is 2.82. The second-order valence-electron chi connectivity index (χ2n) is 4.90. The molecule has 5 nitrogen and oxygen atoms in total. The highest BCUT2D eigenvalue weighted by Gasteiger charge is 2.22. The van der Waals surface area contributed by atoms with E-state index in [4.69, 9.17) is 21.1 Å². The Balaban J connectivity index is 2.15. The van der Waals surface area contributed by atoms with Crippen LogP contribution in [0.3, 0.4) is 0 Å². The number of hydrogen-bond donors (Lipinski definition) is 1. The van der Waals surface area contributed by atoms with E-state index in [-0.39, 0.29) is 28.9 Å². The minimum atomic E-state index is -0.566. The van der Waals surface area contributed by atoms with Gasteiger partial charge in [-0.3, -0.25) is 4.79 Å². The van der Waals surface area contributed by atoms with Gasteiger partial charge in [-0.05, 0) is 31.5 Å². The standard InChI is InChI=1S/C16H15ClFNO4/c1-8-14(16(21)22-3)9(2)19-15(8)13(20)7-23-10-4-5-12(18)11(17)6-10/h4-6,19H,7H2,1-3H3. The Bertz CT molecular complexity index is 770. The minimum Gasteiger partial charge on any atom is -0.485 e. The fraction of sp³-hybridized carbons (Fsp3) is 0.250. The first kappa shape index (κ1) is 17.0. The number of aromatic amines is 1. The molecule has 0 aliphatic carbocycles. The third-order valence-electron chi connectivity index (χ3n) is 3.37. The van der Waals surface area contributed by atoms with Crippen molar-refractivity contribution in [3.05, 3.63) is 51.6 Å². The number of hydrogen-bond acceptors (Lipinski definition) is 4. The average molecular weight is 340 g/mol. The summed E-state index contributed by atoms with van der Waals surface area (Å²) in [5.41, 5.74) is 1.65. The van der Waals surface area contributed by atoms with Crippen LogP contribution in [-0.4, -0.2) is 30.5 Å². The van der Waals surface area contributed by atoms with Crippen molar-refractivity contribution in [3.63, 3.8) is 0 Å². The first-order chi connectivity index (χ1) is 10.8. The van der Waals surface area contributed by atoms with Crippen molar-refractivity contribution >= 4 is 23.4 Å². The number of ether oxygens (including phenoxy) is 2. The molecule has 0 aliphatic heterocycles. The summed E-state index contributed by atoms with van der Waals surface area (Å²) < 4.78 is 23.1. The maximum Gasteiger partial charge on any atom is 0.339 e. The molecule has 0 spiro atoms. The number of halogens is 2. The molecule has 7 heteroatoms. The summed E-state index contributed by atoms with van der Waals surface area (Å²) in [5, 5.41) is -0.0881. The molecule has 0 bridgehead atoms. The highest BCUT2D eigenvalue weighted by molar-refractivity contribution is 6.30. The van der Waals surface area contributed by atoms with Crippen molar-refractivity contribution in [2.45, 2.75) is 13.8 Å². The number of ketones is 1. The lowest BCUT2D eigenvalue weighted by Crippen LogP contribution is -2.13. The van der Waals surface area contributed by atoms with Crippen molar-refractivity contribution in [3.8, 4) is 5.75 Å². The first-order valence-electron chi connectivity index (χ1n) is 6.73. The fourth-order valence-corrected chi connectivity index (χ4v) is 2.40. The molecule has 1 heterocycles. The quantitative estimate of drug-likeness (QED) is 0.669. The smallest absolute Gasteiger partial charge is 0.339 e. The van der Waals surface area contributed by atoms with Crippen LogP contribution in [0.15, 0.2) is 18.2 Å². The number of nitrogens with one attached hydrogen (secondary N) is 1. The van der Waals surface area contributed by atoms with Crippen molar-refractivity contribution in [1.29, 1.82) is 0 Å². The van der Waals surface area contributed by atoms with Crippen LogP contribution in [0.5, 0.6) is 5.75 Å². The van der Waals surface area contributed by atoms with E-state index in [1.807, 2.05) is 0 Å². The van der Waals surface area contributed by atoms with Crippen LogP contribution < -0.4 is 4.74 Å². The number of aromatic nitrogens is 1. The number of rotatable bonds is 5. The van der Waals surface area contributed by atoms with Gasteiger partial charge < -0.3 is 14.5 Å². The largest absolute Gasteiger partial charge is 0.485 e. The van der Waals surface area contributed by atoms with Gasteiger partial charge in [0.15, 0.2) is 6.61 Å². The number of carbonyl (C=O) groups is 2. The lowest BCUT2D eigenvalue weighted by Gasteiger charge is -2.06. The van der Waals surface area contributed by atoms with Gasteiger partial charge in [0.1, 0.15) is 11.6 Å².